The maximum atomic E-state index is 13.8. The number of carboxylic acid groups (broad SMARTS) is 1. The van der Waals surface area contributed by atoms with Crippen LogP contribution in [0.1, 0.15) is 91.5 Å². The molecule has 58 heavy (non-hydrogen) atoms. The Kier molecular flexibility index (Phi) is 23.4. The molecule has 0 bridgehead atoms. The number of benzene rings is 1. The van der Waals surface area contributed by atoms with Gasteiger partial charge in [-0.1, -0.05) is 58.0 Å². The van der Waals surface area contributed by atoms with Crippen LogP contribution in [-0.2, 0) is 44.8 Å². The van der Waals surface area contributed by atoms with Gasteiger partial charge >= 0.3 is 5.97 Å². The van der Waals surface area contributed by atoms with E-state index in [0.717, 1.165) is 5.56 Å². The Bertz CT molecular complexity index is 1510. The third kappa shape index (κ3) is 18.9. The Morgan fingerprint density at radius 1 is 0.569 bits per heavy atom. The largest absolute Gasteiger partial charge is 0.480 e. The van der Waals surface area contributed by atoms with E-state index < -0.39 is 101 Å². The van der Waals surface area contributed by atoms with Crippen molar-refractivity contribution in [2.45, 2.75) is 135 Å². The number of hydrogen-bond acceptors (Lipinski definition) is 11. The van der Waals surface area contributed by atoms with Crippen LogP contribution in [0.4, 0.5) is 0 Å². The molecule has 1 aromatic rings. The van der Waals surface area contributed by atoms with E-state index in [1.54, 1.807) is 52.0 Å². The fourth-order valence-corrected chi connectivity index (χ4v) is 5.81. The van der Waals surface area contributed by atoms with Gasteiger partial charge in [-0.2, -0.15) is 0 Å². The van der Waals surface area contributed by atoms with Gasteiger partial charge in [0.1, 0.15) is 36.3 Å². The second-order valence-electron chi connectivity index (χ2n) is 15.1. The fourth-order valence-electron chi connectivity index (χ4n) is 5.81. The van der Waals surface area contributed by atoms with Crippen LogP contribution >= 0.6 is 0 Å². The van der Waals surface area contributed by atoms with Crippen LogP contribution in [0, 0.1) is 11.8 Å². The second kappa shape index (κ2) is 26.7. The van der Waals surface area contributed by atoms with Crippen molar-refractivity contribution in [2.24, 2.45) is 34.8 Å². The summed E-state index contributed by atoms with van der Waals surface area (Å²) in [6.45, 7) is 8.74. The van der Waals surface area contributed by atoms with E-state index in [1.165, 1.54) is 6.92 Å². The summed E-state index contributed by atoms with van der Waals surface area (Å²) in [5, 5.41) is 25.0. The second-order valence-corrected chi connectivity index (χ2v) is 15.1. The minimum Gasteiger partial charge on any atom is -0.480 e. The molecule has 0 aliphatic heterocycles. The number of nitrogens with two attached hydrogens (primary N) is 4. The van der Waals surface area contributed by atoms with E-state index in [2.05, 4.69) is 31.9 Å². The van der Waals surface area contributed by atoms with Gasteiger partial charge in [0, 0.05) is 6.42 Å². The van der Waals surface area contributed by atoms with Gasteiger partial charge in [0.15, 0.2) is 0 Å². The first-order chi connectivity index (χ1) is 27.3. The van der Waals surface area contributed by atoms with E-state index in [9.17, 15) is 43.5 Å². The van der Waals surface area contributed by atoms with Crippen molar-refractivity contribution in [3.8, 4) is 0 Å². The van der Waals surface area contributed by atoms with Crippen molar-refractivity contribution in [2.75, 3.05) is 13.1 Å². The maximum absolute atomic E-state index is 13.8. The summed E-state index contributed by atoms with van der Waals surface area (Å²) in [5.74, 6) is -7.26. The van der Waals surface area contributed by atoms with Gasteiger partial charge in [0.2, 0.25) is 41.4 Å². The minimum atomic E-state index is -1.28. The molecule has 19 nitrogen and oxygen atoms in total. The van der Waals surface area contributed by atoms with Crippen molar-refractivity contribution in [3.05, 3.63) is 35.9 Å². The van der Waals surface area contributed by atoms with Gasteiger partial charge in [-0.15, -0.1) is 0 Å². The number of amides is 7. The minimum absolute atomic E-state index is 0.109. The van der Waals surface area contributed by atoms with Crippen molar-refractivity contribution in [1.82, 2.24) is 31.9 Å². The van der Waals surface area contributed by atoms with Gasteiger partial charge in [-0.3, -0.25) is 33.6 Å². The molecule has 0 aliphatic rings. The van der Waals surface area contributed by atoms with Crippen LogP contribution < -0.4 is 54.8 Å². The fraction of sp³-hybridized carbons (Fsp3) is 0.641. The van der Waals surface area contributed by atoms with E-state index in [4.69, 9.17) is 22.9 Å². The molecule has 0 heterocycles. The maximum Gasteiger partial charge on any atom is 0.326 e. The number of hydrogen-bond donors (Lipinski definition) is 11. The molecule has 19 heteroatoms. The molecule has 0 saturated heterocycles. The smallest absolute Gasteiger partial charge is 0.326 e. The molecule has 0 spiro atoms. The average molecular weight is 819 g/mol. The van der Waals surface area contributed by atoms with Gasteiger partial charge in [0.05, 0.1) is 6.04 Å². The topological polar surface area (TPSA) is 333 Å². The van der Waals surface area contributed by atoms with Crippen molar-refractivity contribution in [1.29, 1.82) is 0 Å². The Balaban J connectivity index is 3.15. The van der Waals surface area contributed by atoms with Crippen LogP contribution in [0.3, 0.4) is 0 Å². The normalized spacial score (nSPS) is 14.8. The predicted molar refractivity (Wildman–Crippen MR) is 217 cm³/mol. The van der Waals surface area contributed by atoms with Gasteiger partial charge in [-0.05, 0) is 88.8 Å². The molecule has 0 saturated carbocycles. The lowest BCUT2D eigenvalue weighted by atomic mass is 9.98. The molecule has 326 valence electrons. The highest BCUT2D eigenvalue weighted by Crippen LogP contribution is 2.11. The van der Waals surface area contributed by atoms with Crippen LogP contribution in [0.15, 0.2) is 30.3 Å². The van der Waals surface area contributed by atoms with Gasteiger partial charge < -0.3 is 59.9 Å². The van der Waals surface area contributed by atoms with Crippen LogP contribution in [-0.4, -0.2) is 108 Å². The summed E-state index contributed by atoms with van der Waals surface area (Å²) in [4.78, 5) is 104. The highest BCUT2D eigenvalue weighted by atomic mass is 16.4. The SMILES string of the molecule is CC(C)[C@H](NC(=O)[C@H](CCCCN)NC(=O)[C@H](CCC(N)=O)NC(=O)[C@@H](N)Cc1ccccc1)C(=O)N[C@H](C(=O)N[C@@H](C)C(=O)N[C@@H](CCCCN)C(=O)O)C(C)C. The van der Waals surface area contributed by atoms with Crippen molar-refractivity contribution >= 4 is 47.3 Å². The molecule has 0 aromatic heterocycles. The Morgan fingerprint density at radius 2 is 1.02 bits per heavy atom. The number of carboxylic acids is 1. The quantitative estimate of drug-likeness (QED) is 0.0427. The first-order valence-electron chi connectivity index (χ1n) is 19.9. The molecule has 0 radical (unpaired) electrons. The highest BCUT2D eigenvalue weighted by molar-refractivity contribution is 5.97. The van der Waals surface area contributed by atoms with E-state index >= 15 is 0 Å². The van der Waals surface area contributed by atoms with Crippen LogP contribution in [0.2, 0.25) is 0 Å². The molecule has 15 N–H and O–H groups in total. The molecular formula is C39H66N10O9. The number of nitrogens with one attached hydrogen (secondary N) is 6. The molecular weight excluding hydrogens is 752 g/mol. The van der Waals surface area contributed by atoms with Crippen molar-refractivity contribution < 1.29 is 43.5 Å². The summed E-state index contributed by atoms with van der Waals surface area (Å²) in [6.07, 6.45) is 1.99. The molecule has 1 rings (SSSR count). The Morgan fingerprint density at radius 3 is 1.52 bits per heavy atom. The molecule has 0 unspecified atom stereocenters. The number of carbonyl (C=O) groups is 8. The summed E-state index contributed by atoms with van der Waals surface area (Å²) in [5.41, 5.74) is 23.4. The van der Waals surface area contributed by atoms with E-state index in [0.29, 0.717) is 38.8 Å². The van der Waals surface area contributed by atoms with Crippen LogP contribution in [0.25, 0.3) is 0 Å². The molecule has 0 aliphatic carbocycles. The van der Waals surface area contributed by atoms with Crippen LogP contribution in [0.5, 0.6) is 0 Å². The van der Waals surface area contributed by atoms with Gasteiger partial charge in [0.25, 0.3) is 0 Å². The highest BCUT2D eigenvalue weighted by Gasteiger charge is 2.35. The average Bonchev–Trinajstić information content (AvgIpc) is 3.16. The number of aliphatic carboxylic acids is 1. The third-order valence-corrected chi connectivity index (χ3v) is 9.33. The third-order valence-electron chi connectivity index (χ3n) is 9.33. The summed E-state index contributed by atoms with van der Waals surface area (Å²) >= 11 is 0. The van der Waals surface area contributed by atoms with E-state index in [-0.39, 0.29) is 32.1 Å². The van der Waals surface area contributed by atoms with Crippen molar-refractivity contribution in [3.63, 3.8) is 0 Å². The predicted octanol–water partition coefficient (Wildman–Crippen LogP) is -1.59. The number of unbranched alkanes of at least 4 members (excludes halogenated alkanes) is 2. The zero-order valence-corrected chi connectivity index (χ0v) is 34.4. The van der Waals surface area contributed by atoms with Gasteiger partial charge in [-0.25, -0.2) is 4.79 Å². The molecule has 0 fully saturated rings. The zero-order chi connectivity index (χ0) is 43.9. The number of rotatable bonds is 28. The zero-order valence-electron chi connectivity index (χ0n) is 34.4. The summed E-state index contributed by atoms with van der Waals surface area (Å²) < 4.78 is 0. The first kappa shape index (κ1) is 50.9. The lowest BCUT2D eigenvalue weighted by molar-refractivity contribution is -0.142. The summed E-state index contributed by atoms with van der Waals surface area (Å²) in [6, 6.07) is 0.801. The summed E-state index contributed by atoms with van der Waals surface area (Å²) in [7, 11) is 0. The molecule has 7 amide bonds. The Labute approximate surface area is 340 Å². The molecule has 7 atom stereocenters. The van der Waals surface area contributed by atoms with E-state index in [1.807, 2.05) is 6.07 Å². The number of primary amides is 1. The monoisotopic (exact) mass is 819 g/mol. The lowest BCUT2D eigenvalue weighted by Gasteiger charge is -2.29. The first-order valence-corrected chi connectivity index (χ1v) is 19.9. The standard InChI is InChI=1S/C39H66N10O9/c1-22(2)31(37(55)44-24(5)33(51)47-29(39(57)58)16-10-12-20-41)49-38(56)32(23(3)4)48-36(54)27(15-9-11-19-40)46-35(53)28(17-18-30(43)50)45-34(52)26(42)21-25-13-7-6-8-14-25/h6-8,13-14,22-24,26-29,31-32H,9-12,15-21,40-42H2,1-5H3,(H2,43,50)(H,44,55)(H,45,52)(H,46,53)(H,47,51)(H,48,54)(H,49,56)(H,57,58)/t24-,26-,27-,28-,29-,31-,32-/m0/s1. The number of carbonyl (C=O) groups excluding carboxylic acids is 7. The lowest BCUT2D eigenvalue weighted by Crippen LogP contribution is -2.61. The molecule has 1 aromatic carbocycles. The Hall–Kier alpha value is -5.14.